The van der Waals surface area contributed by atoms with Gasteiger partial charge in [-0.1, -0.05) is 6.07 Å². The molecule has 29 heavy (non-hydrogen) atoms. The molecule has 0 aliphatic rings. The lowest BCUT2D eigenvalue weighted by Gasteiger charge is -2.10. The third-order valence-corrected chi connectivity index (χ3v) is 5.05. The van der Waals surface area contributed by atoms with Crippen molar-refractivity contribution in [3.05, 3.63) is 52.9 Å². The van der Waals surface area contributed by atoms with Crippen LogP contribution in [-0.4, -0.2) is 20.1 Å². The van der Waals surface area contributed by atoms with Crippen LogP contribution in [0.3, 0.4) is 0 Å². The molecule has 0 bridgehead atoms. The van der Waals surface area contributed by atoms with Gasteiger partial charge in [-0.2, -0.15) is 18.4 Å². The lowest BCUT2D eigenvalue weighted by atomic mass is 10.1. The fourth-order valence-corrected chi connectivity index (χ4v) is 3.53. The van der Waals surface area contributed by atoms with Gasteiger partial charge < -0.3 is 10.4 Å². The number of aromatic nitrogens is 3. The van der Waals surface area contributed by atoms with Gasteiger partial charge >= 0.3 is 6.18 Å². The van der Waals surface area contributed by atoms with Crippen molar-refractivity contribution in [2.75, 3.05) is 5.32 Å². The number of rotatable bonds is 6. The van der Waals surface area contributed by atoms with Gasteiger partial charge in [0.05, 0.1) is 10.9 Å². The Morgan fingerprint density at radius 2 is 2.07 bits per heavy atom. The summed E-state index contributed by atoms with van der Waals surface area (Å²) in [6.45, 7) is 1.85. The molecule has 3 rings (SSSR count). The Labute approximate surface area is 168 Å². The van der Waals surface area contributed by atoms with E-state index in [1.54, 1.807) is 18.3 Å². The second-order valence-corrected chi connectivity index (χ2v) is 7.31. The molecular weight excluding hydrogens is 403 g/mol. The summed E-state index contributed by atoms with van der Waals surface area (Å²) in [6.07, 6.45) is -2.17. The van der Waals surface area contributed by atoms with Crippen molar-refractivity contribution in [1.82, 2.24) is 15.0 Å². The quantitative estimate of drug-likeness (QED) is 0.583. The van der Waals surface area contributed by atoms with Crippen molar-refractivity contribution >= 4 is 23.0 Å². The van der Waals surface area contributed by atoms with Crippen LogP contribution in [0.5, 0.6) is 0 Å². The maximum absolute atomic E-state index is 12.8. The van der Waals surface area contributed by atoms with Gasteiger partial charge in [-0.05, 0) is 42.7 Å². The number of thiazole rings is 1. The minimum Gasteiger partial charge on any atom is -0.386 e. The fraction of sp³-hybridized carbons (Fsp3) is 0.263. The number of halogens is 3. The standard InChI is InChI=1S/C19H16F3N5OS/c1-11-7-12(15-10-25-17(29-15)14(28)3-2-5-23)9-13(8-11)26-18-24-6-4-16(27-18)19(20,21)22/h4,6-10,14,28H,2-3H2,1H3,(H,24,26,27). The highest BCUT2D eigenvalue weighted by Gasteiger charge is 2.32. The molecule has 0 aliphatic carbocycles. The second kappa shape index (κ2) is 8.55. The lowest BCUT2D eigenvalue weighted by molar-refractivity contribution is -0.141. The minimum absolute atomic E-state index is 0.159. The average molecular weight is 419 g/mol. The maximum Gasteiger partial charge on any atom is 0.433 e. The predicted molar refractivity (Wildman–Crippen MR) is 102 cm³/mol. The van der Waals surface area contributed by atoms with E-state index in [1.165, 1.54) is 11.3 Å². The topological polar surface area (TPSA) is 94.7 Å². The molecule has 3 aromatic rings. The summed E-state index contributed by atoms with van der Waals surface area (Å²) in [5.74, 6) is -0.159. The number of hydrogen-bond donors (Lipinski definition) is 2. The van der Waals surface area contributed by atoms with Crippen molar-refractivity contribution < 1.29 is 18.3 Å². The number of anilines is 2. The number of nitrogens with one attached hydrogen (secondary N) is 1. The number of benzene rings is 1. The van der Waals surface area contributed by atoms with Crippen molar-refractivity contribution in [2.45, 2.75) is 32.0 Å². The number of aliphatic hydroxyl groups is 1. The first-order chi connectivity index (χ1) is 13.8. The second-order valence-electron chi connectivity index (χ2n) is 6.25. The molecule has 6 nitrogen and oxygen atoms in total. The minimum atomic E-state index is -4.55. The number of nitrogens with zero attached hydrogens (tertiary/aromatic N) is 4. The highest BCUT2D eigenvalue weighted by molar-refractivity contribution is 7.15. The number of aliphatic hydroxyl groups excluding tert-OH is 1. The first kappa shape index (κ1) is 20.7. The Hall–Kier alpha value is -3.03. The Morgan fingerprint density at radius 1 is 1.28 bits per heavy atom. The third kappa shape index (κ3) is 5.28. The van der Waals surface area contributed by atoms with Crippen molar-refractivity contribution in [3.63, 3.8) is 0 Å². The molecule has 1 atom stereocenters. The van der Waals surface area contributed by atoms with Crippen LogP contribution in [0, 0.1) is 18.3 Å². The molecular formula is C19H16F3N5OS. The van der Waals surface area contributed by atoms with E-state index >= 15 is 0 Å². The van der Waals surface area contributed by atoms with Crippen LogP contribution in [-0.2, 0) is 6.18 Å². The molecule has 1 unspecified atom stereocenters. The van der Waals surface area contributed by atoms with E-state index in [1.807, 2.05) is 19.1 Å². The summed E-state index contributed by atoms with van der Waals surface area (Å²) in [6, 6.07) is 8.20. The van der Waals surface area contributed by atoms with Gasteiger partial charge in [-0.25, -0.2) is 15.0 Å². The molecule has 0 fully saturated rings. The van der Waals surface area contributed by atoms with Crippen LogP contribution in [0.15, 0.2) is 36.7 Å². The van der Waals surface area contributed by atoms with Crippen LogP contribution in [0.1, 0.15) is 35.2 Å². The highest BCUT2D eigenvalue weighted by atomic mass is 32.1. The molecule has 0 amide bonds. The van der Waals surface area contributed by atoms with Gasteiger partial charge in [0.1, 0.15) is 16.8 Å². The van der Waals surface area contributed by atoms with Crippen LogP contribution < -0.4 is 5.32 Å². The van der Waals surface area contributed by atoms with E-state index < -0.39 is 18.0 Å². The van der Waals surface area contributed by atoms with Gasteiger partial charge in [-0.15, -0.1) is 11.3 Å². The van der Waals surface area contributed by atoms with Crippen LogP contribution in [0.2, 0.25) is 0 Å². The summed E-state index contributed by atoms with van der Waals surface area (Å²) in [4.78, 5) is 12.4. The highest BCUT2D eigenvalue weighted by Crippen LogP contribution is 2.33. The zero-order chi connectivity index (χ0) is 21.0. The molecule has 2 aromatic heterocycles. The molecule has 0 saturated carbocycles. The van der Waals surface area contributed by atoms with E-state index in [0.717, 1.165) is 28.3 Å². The summed E-state index contributed by atoms with van der Waals surface area (Å²) in [5.41, 5.74) is 1.16. The number of aryl methyl sites for hydroxylation is 1. The largest absolute Gasteiger partial charge is 0.433 e. The van der Waals surface area contributed by atoms with Crippen molar-refractivity contribution in [1.29, 1.82) is 5.26 Å². The van der Waals surface area contributed by atoms with Gasteiger partial charge in [0.15, 0.2) is 0 Å². The predicted octanol–water partition coefficient (Wildman–Crippen LogP) is 5.01. The smallest absolute Gasteiger partial charge is 0.386 e. The number of hydrogen-bond acceptors (Lipinski definition) is 7. The maximum atomic E-state index is 12.8. The Morgan fingerprint density at radius 3 is 2.79 bits per heavy atom. The number of alkyl halides is 3. The number of nitriles is 1. The van der Waals surface area contributed by atoms with E-state index in [-0.39, 0.29) is 12.4 Å². The van der Waals surface area contributed by atoms with Crippen LogP contribution in [0.4, 0.5) is 24.8 Å². The first-order valence-electron chi connectivity index (χ1n) is 8.56. The molecule has 2 N–H and O–H groups in total. The normalized spacial score (nSPS) is 12.4. The van der Waals surface area contributed by atoms with Gasteiger partial charge in [0, 0.05) is 24.5 Å². The molecule has 0 radical (unpaired) electrons. The van der Waals surface area contributed by atoms with Crippen LogP contribution >= 0.6 is 11.3 Å². The molecule has 150 valence electrons. The van der Waals surface area contributed by atoms with Gasteiger partial charge in [0.2, 0.25) is 5.95 Å². The van der Waals surface area contributed by atoms with E-state index in [9.17, 15) is 18.3 Å². The molecule has 0 spiro atoms. The SMILES string of the molecule is Cc1cc(Nc2nccc(C(F)(F)F)n2)cc(-c2cnc(C(O)CCC#N)s2)c1. The lowest BCUT2D eigenvalue weighted by Crippen LogP contribution is -2.10. The molecule has 2 heterocycles. The fourth-order valence-electron chi connectivity index (χ4n) is 2.60. The molecule has 1 aromatic carbocycles. The summed E-state index contributed by atoms with van der Waals surface area (Å²) in [7, 11) is 0. The first-order valence-corrected chi connectivity index (χ1v) is 9.38. The Balaban J connectivity index is 1.84. The van der Waals surface area contributed by atoms with Crippen LogP contribution in [0.25, 0.3) is 10.4 Å². The molecule has 10 heteroatoms. The molecule has 0 saturated heterocycles. The monoisotopic (exact) mass is 419 g/mol. The van der Waals surface area contributed by atoms with E-state index in [0.29, 0.717) is 17.1 Å². The van der Waals surface area contributed by atoms with E-state index in [4.69, 9.17) is 5.26 Å². The van der Waals surface area contributed by atoms with Gasteiger partial charge in [0.25, 0.3) is 0 Å². The summed E-state index contributed by atoms with van der Waals surface area (Å²) >= 11 is 1.30. The zero-order valence-corrected chi connectivity index (χ0v) is 16.1. The zero-order valence-electron chi connectivity index (χ0n) is 15.2. The van der Waals surface area contributed by atoms with Crippen molar-refractivity contribution in [3.8, 4) is 16.5 Å². The Kier molecular flexibility index (Phi) is 6.10. The van der Waals surface area contributed by atoms with Crippen molar-refractivity contribution in [2.24, 2.45) is 0 Å². The van der Waals surface area contributed by atoms with E-state index in [2.05, 4.69) is 20.3 Å². The summed E-state index contributed by atoms with van der Waals surface area (Å²) in [5, 5.41) is 22.0. The average Bonchev–Trinajstić information content (AvgIpc) is 3.15. The third-order valence-electron chi connectivity index (χ3n) is 3.90. The van der Waals surface area contributed by atoms with Gasteiger partial charge in [-0.3, -0.25) is 0 Å². The Bertz CT molecular complexity index is 1040. The molecule has 0 aliphatic heterocycles. The summed E-state index contributed by atoms with van der Waals surface area (Å²) < 4.78 is 38.5.